The van der Waals surface area contributed by atoms with Crippen LogP contribution in [0, 0.1) is 5.82 Å². The molecule has 0 fully saturated rings. The molecule has 0 aliphatic heterocycles. The van der Waals surface area contributed by atoms with Crippen molar-refractivity contribution in [2.45, 2.75) is 104 Å². The van der Waals surface area contributed by atoms with E-state index in [0.29, 0.717) is 13.0 Å². The van der Waals surface area contributed by atoms with Crippen LogP contribution in [-0.4, -0.2) is 40.3 Å². The number of ether oxygens (including phenoxy) is 1. The van der Waals surface area contributed by atoms with Crippen molar-refractivity contribution in [1.82, 2.24) is 4.98 Å². The number of methoxy groups -OCH3 is 1. The first-order valence-corrected chi connectivity index (χ1v) is 13.5. The minimum atomic E-state index is -0.935. The first-order valence-electron chi connectivity index (χ1n) is 13.5. The number of rotatable bonds is 15. The van der Waals surface area contributed by atoms with Gasteiger partial charge in [-0.2, -0.15) is 0 Å². The Balaban J connectivity index is 2.46. The van der Waals surface area contributed by atoms with Gasteiger partial charge >= 0.3 is 0 Å². The number of benzene rings is 1. The van der Waals surface area contributed by atoms with Gasteiger partial charge in [-0.15, -0.1) is 0 Å². The molecule has 2 aromatic rings. The Bertz CT molecular complexity index is 1030. The summed E-state index contributed by atoms with van der Waals surface area (Å²) >= 11 is 0. The Morgan fingerprint density at radius 3 is 2.27 bits per heavy atom. The summed E-state index contributed by atoms with van der Waals surface area (Å²) in [6.45, 7) is 10.7. The highest BCUT2D eigenvalue weighted by Gasteiger charge is 2.23. The van der Waals surface area contributed by atoms with Crippen molar-refractivity contribution in [2.24, 2.45) is 0 Å². The van der Waals surface area contributed by atoms with Gasteiger partial charge in [-0.25, -0.2) is 4.39 Å². The SMILES string of the molecule is CCCCCC(=O)CC(O)CC(O)/C=C/c1c(C(C)C)nc(C(C)C)c(COC)c1-c1ccc(F)cc1. The quantitative estimate of drug-likeness (QED) is 0.252. The van der Waals surface area contributed by atoms with Crippen molar-refractivity contribution in [3.8, 4) is 11.1 Å². The summed E-state index contributed by atoms with van der Waals surface area (Å²) in [5.41, 5.74) is 5.31. The number of halogens is 1. The molecule has 6 heteroatoms. The Morgan fingerprint density at radius 1 is 1.05 bits per heavy atom. The average molecular weight is 514 g/mol. The van der Waals surface area contributed by atoms with Gasteiger partial charge in [0.2, 0.25) is 0 Å². The van der Waals surface area contributed by atoms with E-state index in [4.69, 9.17) is 9.72 Å². The number of ketones is 1. The summed E-state index contributed by atoms with van der Waals surface area (Å²) in [6, 6.07) is 6.37. The van der Waals surface area contributed by atoms with Crippen LogP contribution in [0.3, 0.4) is 0 Å². The van der Waals surface area contributed by atoms with Crippen molar-refractivity contribution in [2.75, 3.05) is 7.11 Å². The van der Waals surface area contributed by atoms with Crippen LogP contribution in [0.5, 0.6) is 0 Å². The zero-order valence-electron chi connectivity index (χ0n) is 23.3. The van der Waals surface area contributed by atoms with Crippen LogP contribution in [0.15, 0.2) is 30.3 Å². The molecule has 0 aliphatic carbocycles. The highest BCUT2D eigenvalue weighted by molar-refractivity contribution is 5.80. The highest BCUT2D eigenvalue weighted by atomic mass is 19.1. The fourth-order valence-electron chi connectivity index (χ4n) is 4.58. The van der Waals surface area contributed by atoms with E-state index >= 15 is 0 Å². The maximum atomic E-state index is 13.8. The van der Waals surface area contributed by atoms with E-state index < -0.39 is 12.2 Å². The van der Waals surface area contributed by atoms with Gasteiger partial charge < -0.3 is 14.9 Å². The second kappa shape index (κ2) is 15.1. The molecule has 5 nitrogen and oxygen atoms in total. The van der Waals surface area contributed by atoms with E-state index in [2.05, 4.69) is 34.6 Å². The predicted molar refractivity (Wildman–Crippen MR) is 148 cm³/mol. The van der Waals surface area contributed by atoms with E-state index in [1.807, 2.05) is 6.08 Å². The Kier molecular flexibility index (Phi) is 12.6. The first kappa shape index (κ1) is 30.8. The number of pyridine rings is 1. The molecule has 204 valence electrons. The maximum Gasteiger partial charge on any atom is 0.135 e. The number of aromatic nitrogens is 1. The smallest absolute Gasteiger partial charge is 0.135 e. The summed E-state index contributed by atoms with van der Waals surface area (Å²) in [4.78, 5) is 17.1. The number of Topliss-reactive ketones (excluding diaryl/α,β-unsaturated/α-hetero) is 1. The molecule has 0 spiro atoms. The highest BCUT2D eigenvalue weighted by Crippen LogP contribution is 2.38. The van der Waals surface area contributed by atoms with Gasteiger partial charge in [-0.05, 0) is 41.5 Å². The first-order chi connectivity index (χ1) is 17.6. The maximum absolute atomic E-state index is 13.8. The zero-order valence-corrected chi connectivity index (χ0v) is 23.3. The number of aliphatic hydroxyl groups excluding tert-OH is 2. The predicted octanol–water partition coefficient (Wildman–Crippen LogP) is 6.95. The topological polar surface area (TPSA) is 79.7 Å². The van der Waals surface area contributed by atoms with Crippen LogP contribution in [0.2, 0.25) is 0 Å². The number of hydrogen-bond acceptors (Lipinski definition) is 5. The third-order valence-corrected chi connectivity index (χ3v) is 6.43. The van der Waals surface area contributed by atoms with Gasteiger partial charge in [0, 0.05) is 43.2 Å². The molecule has 0 aliphatic rings. The lowest BCUT2D eigenvalue weighted by atomic mass is 9.87. The van der Waals surface area contributed by atoms with Crippen molar-refractivity contribution in [3.05, 3.63) is 58.7 Å². The number of nitrogens with zero attached hydrogens (tertiary/aromatic N) is 1. The van der Waals surface area contributed by atoms with Crippen LogP contribution < -0.4 is 0 Å². The molecule has 1 heterocycles. The molecule has 1 aromatic heterocycles. The molecule has 2 N–H and O–H groups in total. The number of carbonyl (C=O) groups is 1. The van der Waals surface area contributed by atoms with Crippen molar-refractivity contribution < 1.29 is 24.1 Å². The Hall–Kier alpha value is -2.41. The molecule has 0 saturated carbocycles. The van der Waals surface area contributed by atoms with Crippen molar-refractivity contribution in [1.29, 1.82) is 0 Å². The molecule has 37 heavy (non-hydrogen) atoms. The molecular formula is C31H44FNO4. The third-order valence-electron chi connectivity index (χ3n) is 6.43. The standard InChI is InChI=1S/C31H44FNO4/c1-7-8-9-10-24(34)17-26(36)18-25(35)15-16-27-29(22-11-13-23(32)14-12-22)28(19-37-6)31(21(4)5)33-30(27)20(2)3/h11-16,20-21,25-26,35-36H,7-10,17-19H2,1-6H3/b16-15+. The lowest BCUT2D eigenvalue weighted by Crippen LogP contribution is -2.19. The Morgan fingerprint density at radius 2 is 1.70 bits per heavy atom. The normalized spacial score (nSPS) is 13.6. The molecule has 1 aromatic carbocycles. The molecule has 2 rings (SSSR count). The minimum absolute atomic E-state index is 0.0236. The van der Waals surface area contributed by atoms with E-state index in [-0.39, 0.29) is 36.3 Å². The van der Waals surface area contributed by atoms with Gasteiger partial charge in [0.15, 0.2) is 0 Å². The largest absolute Gasteiger partial charge is 0.393 e. The lowest BCUT2D eigenvalue weighted by molar-refractivity contribution is -0.121. The second-order valence-corrected chi connectivity index (χ2v) is 10.4. The van der Waals surface area contributed by atoms with Crippen molar-refractivity contribution in [3.63, 3.8) is 0 Å². The molecule has 2 atom stereocenters. The van der Waals surface area contributed by atoms with E-state index in [1.165, 1.54) is 12.1 Å². The molecule has 2 unspecified atom stereocenters. The van der Waals surface area contributed by atoms with Gasteiger partial charge in [-0.1, -0.05) is 71.7 Å². The number of carbonyl (C=O) groups excluding carboxylic acids is 1. The number of unbranched alkanes of at least 4 members (excludes halogenated alkanes) is 2. The Labute approximate surface area is 221 Å². The van der Waals surface area contributed by atoms with E-state index in [0.717, 1.165) is 52.9 Å². The fourth-order valence-corrected chi connectivity index (χ4v) is 4.58. The lowest BCUT2D eigenvalue weighted by Gasteiger charge is -2.23. The summed E-state index contributed by atoms with van der Waals surface area (Å²) in [6.07, 6.45) is 5.10. The third kappa shape index (κ3) is 9.13. The molecule has 0 radical (unpaired) electrons. The summed E-state index contributed by atoms with van der Waals surface area (Å²) in [5.74, 6) is -0.0487. The zero-order chi connectivity index (χ0) is 27.5. The van der Waals surface area contributed by atoms with Crippen LogP contribution in [0.25, 0.3) is 17.2 Å². The minimum Gasteiger partial charge on any atom is -0.393 e. The van der Waals surface area contributed by atoms with Gasteiger partial charge in [0.25, 0.3) is 0 Å². The van der Waals surface area contributed by atoms with Gasteiger partial charge in [-0.3, -0.25) is 9.78 Å². The number of hydrogen-bond donors (Lipinski definition) is 2. The molecule has 0 amide bonds. The summed E-state index contributed by atoms with van der Waals surface area (Å²) < 4.78 is 19.3. The van der Waals surface area contributed by atoms with Crippen molar-refractivity contribution >= 4 is 11.9 Å². The monoisotopic (exact) mass is 513 g/mol. The average Bonchev–Trinajstić information content (AvgIpc) is 2.83. The van der Waals surface area contributed by atoms with Gasteiger partial charge in [0.05, 0.1) is 24.5 Å². The second-order valence-electron chi connectivity index (χ2n) is 10.4. The van der Waals surface area contributed by atoms with E-state index in [1.54, 1.807) is 25.3 Å². The summed E-state index contributed by atoms with van der Waals surface area (Å²) in [5, 5.41) is 21.1. The van der Waals surface area contributed by atoms with Gasteiger partial charge in [0.1, 0.15) is 11.6 Å². The summed E-state index contributed by atoms with van der Waals surface area (Å²) in [7, 11) is 1.64. The van der Waals surface area contributed by atoms with Crippen LogP contribution in [-0.2, 0) is 16.1 Å². The molecular weight excluding hydrogens is 469 g/mol. The van der Waals surface area contributed by atoms with Crippen LogP contribution >= 0.6 is 0 Å². The van der Waals surface area contributed by atoms with Crippen LogP contribution in [0.1, 0.15) is 107 Å². The van der Waals surface area contributed by atoms with Crippen LogP contribution in [0.4, 0.5) is 4.39 Å². The fraction of sp³-hybridized carbons (Fsp3) is 0.548. The number of aliphatic hydroxyl groups is 2. The molecule has 0 saturated heterocycles. The molecule has 0 bridgehead atoms. The van der Waals surface area contributed by atoms with E-state index in [9.17, 15) is 19.4 Å².